The lowest BCUT2D eigenvalue weighted by molar-refractivity contribution is 0.145. The summed E-state index contributed by atoms with van der Waals surface area (Å²) in [6.45, 7) is 3.30. The van der Waals surface area contributed by atoms with E-state index in [2.05, 4.69) is 11.4 Å². The van der Waals surface area contributed by atoms with Gasteiger partial charge >= 0.3 is 0 Å². The minimum absolute atomic E-state index is 0. The molecule has 0 aliphatic carbocycles. The highest BCUT2D eigenvalue weighted by Crippen LogP contribution is 2.19. The molecule has 82 valence electrons. The van der Waals surface area contributed by atoms with Gasteiger partial charge in [0.2, 0.25) is 0 Å². The van der Waals surface area contributed by atoms with Gasteiger partial charge in [-0.25, -0.2) is 0 Å². The van der Waals surface area contributed by atoms with Crippen molar-refractivity contribution in [3.8, 4) is 0 Å². The molecule has 3 heteroatoms. The van der Waals surface area contributed by atoms with Crippen LogP contribution in [0.4, 0.5) is 0 Å². The van der Waals surface area contributed by atoms with Crippen LogP contribution in [0.2, 0.25) is 0 Å². The molecule has 2 fully saturated rings. The molecule has 14 heavy (non-hydrogen) atoms. The SMILES string of the molecule is C(=C1CCCNCC1)C1CCCO1.Cl. The molecular weight excluding hydrogens is 198 g/mol. The maximum atomic E-state index is 5.60. The van der Waals surface area contributed by atoms with Crippen LogP contribution >= 0.6 is 12.4 Å². The Bertz CT molecular complexity index is 178. The molecule has 1 unspecified atom stereocenters. The van der Waals surface area contributed by atoms with Crippen LogP contribution in [-0.2, 0) is 4.74 Å². The van der Waals surface area contributed by atoms with Gasteiger partial charge in [-0.2, -0.15) is 0 Å². The highest BCUT2D eigenvalue weighted by molar-refractivity contribution is 5.85. The van der Waals surface area contributed by atoms with Crippen molar-refractivity contribution in [1.29, 1.82) is 0 Å². The van der Waals surface area contributed by atoms with Crippen LogP contribution in [-0.4, -0.2) is 25.8 Å². The molecule has 2 nitrogen and oxygen atoms in total. The Morgan fingerprint density at radius 3 is 2.93 bits per heavy atom. The molecule has 0 aromatic heterocycles. The van der Waals surface area contributed by atoms with Crippen molar-refractivity contribution < 1.29 is 4.74 Å². The van der Waals surface area contributed by atoms with E-state index >= 15 is 0 Å². The van der Waals surface area contributed by atoms with E-state index in [1.807, 2.05) is 0 Å². The number of rotatable bonds is 1. The fraction of sp³-hybridized carbons (Fsp3) is 0.818. The molecule has 2 aliphatic rings. The molecule has 2 heterocycles. The molecule has 0 aromatic carbocycles. The summed E-state index contributed by atoms with van der Waals surface area (Å²) >= 11 is 0. The zero-order valence-corrected chi connectivity index (χ0v) is 9.44. The second-order valence-corrected chi connectivity index (χ2v) is 3.98. The Balaban J connectivity index is 0.000000980. The molecule has 1 N–H and O–H groups in total. The normalized spacial score (nSPS) is 31.1. The maximum Gasteiger partial charge on any atom is 0.0759 e. The van der Waals surface area contributed by atoms with Crippen molar-refractivity contribution in [2.75, 3.05) is 19.7 Å². The van der Waals surface area contributed by atoms with Crippen LogP contribution in [0.15, 0.2) is 11.6 Å². The minimum Gasteiger partial charge on any atom is -0.374 e. The first-order valence-electron chi connectivity index (χ1n) is 5.47. The van der Waals surface area contributed by atoms with E-state index in [4.69, 9.17) is 4.74 Å². The van der Waals surface area contributed by atoms with Crippen LogP contribution in [0.3, 0.4) is 0 Å². The number of hydrogen-bond donors (Lipinski definition) is 1. The summed E-state index contributed by atoms with van der Waals surface area (Å²) in [4.78, 5) is 0. The summed E-state index contributed by atoms with van der Waals surface area (Å²) in [6.07, 6.45) is 9.07. The molecule has 2 saturated heterocycles. The van der Waals surface area contributed by atoms with Gasteiger partial charge < -0.3 is 10.1 Å². The lowest BCUT2D eigenvalue weighted by Crippen LogP contribution is -2.13. The molecule has 2 aliphatic heterocycles. The van der Waals surface area contributed by atoms with Crippen LogP contribution in [0.5, 0.6) is 0 Å². The summed E-state index contributed by atoms with van der Waals surface area (Å²) in [5.41, 5.74) is 1.61. The Morgan fingerprint density at radius 1 is 1.21 bits per heavy atom. The Labute approximate surface area is 92.5 Å². The monoisotopic (exact) mass is 217 g/mol. The Kier molecular flexibility index (Phi) is 5.53. The average molecular weight is 218 g/mol. The first-order chi connectivity index (χ1) is 6.45. The number of hydrogen-bond acceptors (Lipinski definition) is 2. The number of halogens is 1. The van der Waals surface area contributed by atoms with E-state index < -0.39 is 0 Å². The van der Waals surface area contributed by atoms with E-state index in [9.17, 15) is 0 Å². The molecule has 0 aromatic rings. The molecule has 0 spiro atoms. The van der Waals surface area contributed by atoms with Gasteiger partial charge in [-0.05, 0) is 45.2 Å². The maximum absolute atomic E-state index is 5.60. The van der Waals surface area contributed by atoms with E-state index in [1.165, 1.54) is 38.6 Å². The summed E-state index contributed by atoms with van der Waals surface area (Å²) in [7, 11) is 0. The van der Waals surface area contributed by atoms with Crippen molar-refractivity contribution >= 4 is 12.4 Å². The topological polar surface area (TPSA) is 21.3 Å². The fourth-order valence-corrected chi connectivity index (χ4v) is 2.10. The molecule has 2 rings (SSSR count). The van der Waals surface area contributed by atoms with Crippen molar-refractivity contribution in [3.05, 3.63) is 11.6 Å². The Morgan fingerprint density at radius 2 is 2.14 bits per heavy atom. The summed E-state index contributed by atoms with van der Waals surface area (Å²) in [6, 6.07) is 0. The van der Waals surface area contributed by atoms with E-state index in [0.717, 1.165) is 13.2 Å². The average Bonchev–Trinajstić information content (AvgIpc) is 2.49. The van der Waals surface area contributed by atoms with Crippen molar-refractivity contribution in [1.82, 2.24) is 5.32 Å². The van der Waals surface area contributed by atoms with Crippen molar-refractivity contribution in [3.63, 3.8) is 0 Å². The fourth-order valence-electron chi connectivity index (χ4n) is 2.10. The van der Waals surface area contributed by atoms with Gasteiger partial charge in [-0.15, -0.1) is 12.4 Å². The largest absolute Gasteiger partial charge is 0.374 e. The molecule has 0 bridgehead atoms. The quantitative estimate of drug-likeness (QED) is 0.681. The third kappa shape index (κ3) is 3.60. The van der Waals surface area contributed by atoms with E-state index in [-0.39, 0.29) is 12.4 Å². The molecule has 0 radical (unpaired) electrons. The first-order valence-corrected chi connectivity index (χ1v) is 5.47. The summed E-state index contributed by atoms with van der Waals surface area (Å²) < 4.78 is 5.60. The second-order valence-electron chi connectivity index (χ2n) is 3.98. The minimum atomic E-state index is 0. The van der Waals surface area contributed by atoms with Crippen LogP contribution in [0.1, 0.15) is 32.1 Å². The first kappa shape index (κ1) is 12.0. The van der Waals surface area contributed by atoms with Gasteiger partial charge in [-0.1, -0.05) is 11.6 Å². The van der Waals surface area contributed by atoms with Crippen LogP contribution < -0.4 is 5.32 Å². The summed E-state index contributed by atoms with van der Waals surface area (Å²) in [5.74, 6) is 0. The smallest absolute Gasteiger partial charge is 0.0759 e. The molecular formula is C11H20ClNO. The highest BCUT2D eigenvalue weighted by atomic mass is 35.5. The highest BCUT2D eigenvalue weighted by Gasteiger charge is 2.14. The van der Waals surface area contributed by atoms with Gasteiger partial charge in [-0.3, -0.25) is 0 Å². The van der Waals surface area contributed by atoms with Crippen LogP contribution in [0.25, 0.3) is 0 Å². The van der Waals surface area contributed by atoms with Crippen molar-refractivity contribution in [2.24, 2.45) is 0 Å². The third-order valence-corrected chi connectivity index (χ3v) is 2.86. The van der Waals surface area contributed by atoms with E-state index in [0.29, 0.717) is 6.10 Å². The van der Waals surface area contributed by atoms with Crippen LogP contribution in [0, 0.1) is 0 Å². The van der Waals surface area contributed by atoms with Gasteiger partial charge in [0.1, 0.15) is 0 Å². The lowest BCUT2D eigenvalue weighted by atomic mass is 10.1. The standard InChI is InChI=1S/C11H19NO.ClH/c1-3-10(5-7-12-6-1)9-11-4-2-8-13-11;/h9,11-12H,1-8H2;1H. The van der Waals surface area contributed by atoms with E-state index in [1.54, 1.807) is 5.57 Å². The number of ether oxygens (including phenoxy) is 1. The Hall–Kier alpha value is -0.0500. The molecule has 0 saturated carbocycles. The lowest BCUT2D eigenvalue weighted by Gasteiger charge is -2.07. The van der Waals surface area contributed by atoms with Gasteiger partial charge in [0.15, 0.2) is 0 Å². The summed E-state index contributed by atoms with van der Waals surface area (Å²) in [5, 5.41) is 3.42. The predicted octanol–water partition coefficient (Wildman–Crippen LogP) is 2.29. The predicted molar refractivity (Wildman–Crippen MR) is 61.0 cm³/mol. The molecule has 0 amide bonds. The zero-order chi connectivity index (χ0) is 8.93. The second kappa shape index (κ2) is 6.44. The van der Waals surface area contributed by atoms with Gasteiger partial charge in [0.25, 0.3) is 0 Å². The number of nitrogens with one attached hydrogen (secondary N) is 1. The third-order valence-electron chi connectivity index (χ3n) is 2.86. The van der Waals surface area contributed by atoms with Gasteiger partial charge in [0.05, 0.1) is 6.10 Å². The molecule has 1 atom stereocenters. The zero-order valence-electron chi connectivity index (χ0n) is 8.63. The van der Waals surface area contributed by atoms with Crippen molar-refractivity contribution in [2.45, 2.75) is 38.2 Å². The van der Waals surface area contributed by atoms with Gasteiger partial charge in [0, 0.05) is 6.61 Å².